The summed E-state index contributed by atoms with van der Waals surface area (Å²) in [5.41, 5.74) is 14.1. The zero-order valence-electron chi connectivity index (χ0n) is 24.2. The lowest BCUT2D eigenvalue weighted by Crippen LogP contribution is -2.36. The Morgan fingerprint density at radius 2 is 1.73 bits per heavy atom. The van der Waals surface area contributed by atoms with Crippen molar-refractivity contribution >= 4 is 29.2 Å². The number of nitrogens with two attached hydrogens (primary N) is 2. The van der Waals surface area contributed by atoms with E-state index in [0.717, 1.165) is 12.0 Å². The van der Waals surface area contributed by atoms with E-state index >= 15 is 0 Å². The SMILES string of the molecule is CC[C@H](C)NC(=O)c1cc(N)cc(-c2cnc(NC(C)C(C)C)c(=O)n2CC(=O)NCc2ccc(C(=N)N)cc2)c1. The zero-order valence-corrected chi connectivity index (χ0v) is 24.2. The summed E-state index contributed by atoms with van der Waals surface area (Å²) in [4.78, 5) is 44.0. The monoisotopic (exact) mass is 560 g/mol. The van der Waals surface area contributed by atoms with Crippen LogP contribution in [0.1, 0.15) is 62.5 Å². The van der Waals surface area contributed by atoms with Gasteiger partial charge in [0, 0.05) is 41.0 Å². The average Bonchev–Trinajstić information content (AvgIpc) is 2.93. The van der Waals surface area contributed by atoms with Crippen LogP contribution in [-0.2, 0) is 17.9 Å². The highest BCUT2D eigenvalue weighted by Gasteiger charge is 2.19. The summed E-state index contributed by atoms with van der Waals surface area (Å²) in [5.74, 6) is -0.351. The average molecular weight is 561 g/mol. The van der Waals surface area contributed by atoms with Gasteiger partial charge in [-0.1, -0.05) is 45.0 Å². The van der Waals surface area contributed by atoms with Gasteiger partial charge in [-0.25, -0.2) is 4.98 Å². The lowest BCUT2D eigenvalue weighted by Gasteiger charge is -2.20. The van der Waals surface area contributed by atoms with E-state index in [1.54, 1.807) is 42.5 Å². The molecule has 3 rings (SSSR count). The van der Waals surface area contributed by atoms with Crippen LogP contribution in [0.15, 0.2) is 53.5 Å². The molecule has 0 saturated carbocycles. The normalized spacial score (nSPS) is 12.4. The third-order valence-corrected chi connectivity index (χ3v) is 6.98. The molecule has 218 valence electrons. The van der Waals surface area contributed by atoms with Gasteiger partial charge in [0.15, 0.2) is 5.82 Å². The summed E-state index contributed by atoms with van der Waals surface area (Å²) in [6.45, 7) is 9.83. The first-order valence-electron chi connectivity index (χ1n) is 13.7. The van der Waals surface area contributed by atoms with Gasteiger partial charge < -0.3 is 27.4 Å². The Hall–Kier alpha value is -4.67. The van der Waals surface area contributed by atoms with Gasteiger partial charge in [0.2, 0.25) is 5.91 Å². The molecule has 0 aliphatic rings. The fourth-order valence-corrected chi connectivity index (χ4v) is 3.90. The number of amides is 2. The Balaban J connectivity index is 1.96. The molecule has 2 amide bonds. The van der Waals surface area contributed by atoms with Crippen LogP contribution in [0.4, 0.5) is 11.5 Å². The number of nitrogens with one attached hydrogen (secondary N) is 4. The molecule has 0 aliphatic carbocycles. The van der Waals surface area contributed by atoms with Gasteiger partial charge in [0.1, 0.15) is 12.4 Å². The van der Waals surface area contributed by atoms with Crippen LogP contribution in [0.3, 0.4) is 0 Å². The summed E-state index contributed by atoms with van der Waals surface area (Å²) in [7, 11) is 0. The van der Waals surface area contributed by atoms with Gasteiger partial charge in [-0.2, -0.15) is 0 Å². The van der Waals surface area contributed by atoms with E-state index in [1.807, 2.05) is 34.6 Å². The Labute approximate surface area is 240 Å². The van der Waals surface area contributed by atoms with Gasteiger partial charge in [-0.3, -0.25) is 24.4 Å². The van der Waals surface area contributed by atoms with E-state index in [4.69, 9.17) is 16.9 Å². The predicted octanol–water partition coefficient (Wildman–Crippen LogP) is 3.08. The first-order valence-corrected chi connectivity index (χ1v) is 13.7. The third kappa shape index (κ3) is 8.17. The third-order valence-electron chi connectivity index (χ3n) is 6.98. The Kier molecular flexibility index (Phi) is 10.2. The molecule has 1 heterocycles. The highest BCUT2D eigenvalue weighted by molar-refractivity contribution is 5.97. The van der Waals surface area contributed by atoms with Crippen molar-refractivity contribution in [2.24, 2.45) is 11.7 Å². The number of nitrogens with zero attached hydrogens (tertiary/aromatic N) is 2. The Morgan fingerprint density at radius 3 is 2.34 bits per heavy atom. The summed E-state index contributed by atoms with van der Waals surface area (Å²) in [6, 6.07) is 11.7. The van der Waals surface area contributed by atoms with Crippen LogP contribution in [0.25, 0.3) is 11.3 Å². The molecule has 0 bridgehead atoms. The van der Waals surface area contributed by atoms with E-state index in [9.17, 15) is 14.4 Å². The second-order valence-electron chi connectivity index (χ2n) is 10.6. The molecule has 2 aromatic carbocycles. The second-order valence-corrected chi connectivity index (χ2v) is 10.6. The van der Waals surface area contributed by atoms with E-state index in [0.29, 0.717) is 28.1 Å². The quantitative estimate of drug-likeness (QED) is 0.112. The minimum absolute atomic E-state index is 0.0251. The zero-order chi connectivity index (χ0) is 30.3. The summed E-state index contributed by atoms with van der Waals surface area (Å²) in [6.07, 6.45) is 2.28. The molecule has 2 atom stereocenters. The number of hydrogen-bond acceptors (Lipinski definition) is 7. The van der Waals surface area contributed by atoms with Gasteiger partial charge in [0.05, 0.1) is 11.9 Å². The molecule has 1 unspecified atom stereocenters. The first kappa shape index (κ1) is 30.9. The number of amidine groups is 1. The van der Waals surface area contributed by atoms with E-state index in [1.165, 1.54) is 10.8 Å². The van der Waals surface area contributed by atoms with Crippen molar-refractivity contribution in [3.8, 4) is 11.3 Å². The van der Waals surface area contributed by atoms with Crippen molar-refractivity contribution in [1.29, 1.82) is 5.41 Å². The molecule has 11 heteroatoms. The van der Waals surface area contributed by atoms with Crippen LogP contribution in [-0.4, -0.2) is 39.3 Å². The largest absolute Gasteiger partial charge is 0.399 e. The summed E-state index contributed by atoms with van der Waals surface area (Å²) >= 11 is 0. The number of benzene rings is 2. The van der Waals surface area contributed by atoms with Crippen LogP contribution < -0.4 is 33.0 Å². The Bertz CT molecular complexity index is 1460. The number of anilines is 2. The van der Waals surface area contributed by atoms with Crippen molar-refractivity contribution in [2.75, 3.05) is 11.1 Å². The van der Waals surface area contributed by atoms with Gasteiger partial charge in [-0.15, -0.1) is 0 Å². The molecule has 0 saturated heterocycles. The molecular weight excluding hydrogens is 520 g/mol. The minimum Gasteiger partial charge on any atom is -0.399 e. The number of carbonyl (C=O) groups is 2. The standard InChI is InChI=1S/C30H40N8O3/c1-6-18(4)36-29(40)23-11-22(12-24(31)13-23)25-15-35-28(37-19(5)17(2)3)30(41)38(25)16-26(39)34-14-20-7-9-21(10-8-20)27(32)33/h7-13,15,17-19H,6,14,16,31H2,1-5H3,(H3,32,33)(H,34,39)(H,35,37)(H,36,40)/t18-,19?/m0/s1. The second kappa shape index (κ2) is 13.6. The fraction of sp³-hybridized carbons (Fsp3) is 0.367. The molecule has 41 heavy (non-hydrogen) atoms. The highest BCUT2D eigenvalue weighted by Crippen LogP contribution is 2.24. The molecule has 0 spiro atoms. The minimum atomic E-state index is -0.469. The number of hydrogen-bond donors (Lipinski definition) is 6. The number of carbonyl (C=O) groups excluding carboxylic acids is 2. The maximum absolute atomic E-state index is 13.6. The van der Waals surface area contributed by atoms with Crippen molar-refractivity contribution in [3.63, 3.8) is 0 Å². The lowest BCUT2D eigenvalue weighted by atomic mass is 10.1. The lowest BCUT2D eigenvalue weighted by molar-refractivity contribution is -0.121. The van der Waals surface area contributed by atoms with E-state index < -0.39 is 11.5 Å². The molecular formula is C30H40N8O3. The van der Waals surface area contributed by atoms with Gasteiger partial charge >= 0.3 is 0 Å². The molecule has 0 aliphatic heterocycles. The topological polar surface area (TPSA) is 181 Å². The molecule has 0 fully saturated rings. The fourth-order valence-electron chi connectivity index (χ4n) is 3.90. The summed E-state index contributed by atoms with van der Waals surface area (Å²) < 4.78 is 1.34. The predicted molar refractivity (Wildman–Crippen MR) is 163 cm³/mol. The molecule has 0 radical (unpaired) electrons. The number of rotatable bonds is 12. The maximum atomic E-state index is 13.6. The van der Waals surface area contributed by atoms with E-state index in [2.05, 4.69) is 20.9 Å². The molecule has 1 aromatic heterocycles. The Morgan fingerprint density at radius 1 is 1.05 bits per heavy atom. The van der Waals surface area contributed by atoms with Gasteiger partial charge in [0.25, 0.3) is 11.5 Å². The van der Waals surface area contributed by atoms with Crippen molar-refractivity contribution in [1.82, 2.24) is 20.2 Å². The van der Waals surface area contributed by atoms with Crippen LogP contribution in [0.5, 0.6) is 0 Å². The van der Waals surface area contributed by atoms with Crippen molar-refractivity contribution < 1.29 is 9.59 Å². The molecule has 8 N–H and O–H groups in total. The molecule has 11 nitrogen and oxygen atoms in total. The maximum Gasteiger partial charge on any atom is 0.294 e. The highest BCUT2D eigenvalue weighted by atomic mass is 16.2. The van der Waals surface area contributed by atoms with E-state index in [-0.39, 0.29) is 48.7 Å². The smallest absolute Gasteiger partial charge is 0.294 e. The van der Waals surface area contributed by atoms with Crippen LogP contribution in [0, 0.1) is 11.3 Å². The number of nitrogen functional groups attached to an aromatic ring is 2. The van der Waals surface area contributed by atoms with Crippen LogP contribution >= 0.6 is 0 Å². The molecule has 3 aromatic rings. The van der Waals surface area contributed by atoms with Crippen molar-refractivity contribution in [2.45, 2.75) is 66.2 Å². The number of aromatic nitrogens is 2. The first-order chi connectivity index (χ1) is 19.4. The van der Waals surface area contributed by atoms with Crippen molar-refractivity contribution in [3.05, 3.63) is 75.7 Å². The summed E-state index contributed by atoms with van der Waals surface area (Å²) in [5, 5.41) is 16.4. The van der Waals surface area contributed by atoms with Crippen LogP contribution in [0.2, 0.25) is 0 Å². The van der Waals surface area contributed by atoms with Gasteiger partial charge in [-0.05, 0) is 49.9 Å².